The van der Waals surface area contributed by atoms with E-state index in [4.69, 9.17) is 0 Å². The Bertz CT molecular complexity index is 1550. The summed E-state index contributed by atoms with van der Waals surface area (Å²) in [5.74, 6) is -0.531. The predicted molar refractivity (Wildman–Crippen MR) is 181 cm³/mol. The number of carbonyl (C=O) groups is 3. The van der Waals surface area contributed by atoms with Gasteiger partial charge in [0.15, 0.2) is 0 Å². The summed E-state index contributed by atoms with van der Waals surface area (Å²) in [4.78, 5) is 39.8. The second-order valence-corrected chi connectivity index (χ2v) is 12.6. The van der Waals surface area contributed by atoms with E-state index in [1.165, 1.54) is 17.3 Å². The molecule has 1 unspecified atom stereocenters. The molecule has 0 aliphatic carbocycles. The maximum Gasteiger partial charge on any atom is 0.272 e. The Balaban J connectivity index is 1.44. The van der Waals surface area contributed by atoms with Gasteiger partial charge in [-0.05, 0) is 113 Å². The third-order valence-electron chi connectivity index (χ3n) is 6.35. The van der Waals surface area contributed by atoms with Gasteiger partial charge in [0, 0.05) is 25.4 Å². The van der Waals surface area contributed by atoms with Crippen LogP contribution in [0.4, 0.5) is 11.4 Å². The van der Waals surface area contributed by atoms with E-state index in [9.17, 15) is 14.4 Å². The second kappa shape index (κ2) is 14.8. The zero-order chi connectivity index (χ0) is 30.1. The zero-order valence-corrected chi connectivity index (χ0v) is 26.5. The van der Waals surface area contributed by atoms with Crippen LogP contribution in [0.3, 0.4) is 0 Å². The molecule has 42 heavy (non-hydrogen) atoms. The normalized spacial score (nSPS) is 12.0. The van der Waals surface area contributed by atoms with Crippen LogP contribution in [-0.2, 0) is 9.59 Å². The lowest BCUT2D eigenvalue weighted by atomic mass is 10.0. The van der Waals surface area contributed by atoms with E-state index >= 15 is 0 Å². The molecule has 0 aliphatic rings. The summed E-state index contributed by atoms with van der Waals surface area (Å²) in [6.07, 6.45) is 1.67. The van der Waals surface area contributed by atoms with Crippen LogP contribution in [0, 0.1) is 3.57 Å². The Hall–Kier alpha value is -3.89. The number of carbonyl (C=O) groups excluding carboxylic acids is 3. The fourth-order valence-corrected chi connectivity index (χ4v) is 5.16. The van der Waals surface area contributed by atoms with Crippen molar-refractivity contribution in [2.45, 2.75) is 36.8 Å². The van der Waals surface area contributed by atoms with Gasteiger partial charge in [0.25, 0.3) is 11.8 Å². The minimum absolute atomic E-state index is 0.0936. The van der Waals surface area contributed by atoms with E-state index in [-0.39, 0.29) is 22.8 Å². The molecule has 4 aromatic carbocycles. The van der Waals surface area contributed by atoms with Crippen molar-refractivity contribution in [2.24, 2.45) is 0 Å². The molecule has 0 fully saturated rings. The van der Waals surface area contributed by atoms with Gasteiger partial charge < -0.3 is 16.0 Å². The summed E-state index contributed by atoms with van der Waals surface area (Å²) < 4.78 is 1.10. The quantitative estimate of drug-likeness (QED) is 0.0897. The smallest absolute Gasteiger partial charge is 0.272 e. The summed E-state index contributed by atoms with van der Waals surface area (Å²) in [6.45, 7) is 6.09. The molecule has 4 rings (SSSR count). The molecular formula is C34H32IN3O3S. The van der Waals surface area contributed by atoms with Crippen molar-refractivity contribution >= 4 is 69.5 Å². The Morgan fingerprint density at radius 2 is 1.33 bits per heavy atom. The number of thioether (sulfide) groups is 1. The van der Waals surface area contributed by atoms with Gasteiger partial charge in [-0.2, -0.15) is 0 Å². The average molecular weight is 690 g/mol. The van der Waals surface area contributed by atoms with Crippen molar-refractivity contribution in [3.63, 3.8) is 0 Å². The van der Waals surface area contributed by atoms with E-state index in [1.807, 2.05) is 73.7 Å². The number of anilines is 2. The highest BCUT2D eigenvalue weighted by Crippen LogP contribution is 2.26. The van der Waals surface area contributed by atoms with Crippen LogP contribution < -0.4 is 16.0 Å². The van der Waals surface area contributed by atoms with Gasteiger partial charge in [-0.3, -0.25) is 14.4 Å². The van der Waals surface area contributed by atoms with Crippen molar-refractivity contribution in [3.05, 3.63) is 129 Å². The molecular weight excluding hydrogens is 657 g/mol. The lowest BCUT2D eigenvalue weighted by Crippen LogP contribution is -2.30. The van der Waals surface area contributed by atoms with Crippen LogP contribution in [-0.4, -0.2) is 23.0 Å². The summed E-state index contributed by atoms with van der Waals surface area (Å²) in [5.41, 5.74) is 3.88. The minimum atomic E-state index is -0.446. The Labute approximate surface area is 264 Å². The lowest BCUT2D eigenvalue weighted by Gasteiger charge is -2.14. The first-order valence-electron chi connectivity index (χ1n) is 13.5. The minimum Gasteiger partial charge on any atom is -0.325 e. The van der Waals surface area contributed by atoms with Crippen LogP contribution in [0.5, 0.6) is 0 Å². The van der Waals surface area contributed by atoms with Gasteiger partial charge in [-0.15, -0.1) is 11.8 Å². The van der Waals surface area contributed by atoms with Crippen molar-refractivity contribution in [1.29, 1.82) is 0 Å². The SMILES string of the molecule is CC(Sc1ccc(NC(=O)/C(=C/c2ccc(C(C)C)cc2)NC(=O)c2ccccc2)cc1)C(=O)Nc1ccc(I)cc1. The summed E-state index contributed by atoms with van der Waals surface area (Å²) in [6, 6.07) is 31.5. The van der Waals surface area contributed by atoms with E-state index in [2.05, 4.69) is 52.4 Å². The van der Waals surface area contributed by atoms with Crippen LogP contribution >= 0.6 is 34.4 Å². The maximum atomic E-state index is 13.4. The average Bonchev–Trinajstić information content (AvgIpc) is 2.99. The van der Waals surface area contributed by atoms with Gasteiger partial charge >= 0.3 is 0 Å². The van der Waals surface area contributed by atoms with Crippen LogP contribution in [0.15, 0.2) is 114 Å². The van der Waals surface area contributed by atoms with Crippen molar-refractivity contribution < 1.29 is 14.4 Å². The zero-order valence-electron chi connectivity index (χ0n) is 23.6. The molecule has 0 radical (unpaired) electrons. The molecule has 6 nitrogen and oxygen atoms in total. The monoisotopic (exact) mass is 689 g/mol. The van der Waals surface area contributed by atoms with E-state index in [1.54, 1.807) is 42.5 Å². The molecule has 4 aromatic rings. The van der Waals surface area contributed by atoms with Crippen molar-refractivity contribution in [3.8, 4) is 0 Å². The van der Waals surface area contributed by atoms with Gasteiger partial charge in [0.2, 0.25) is 5.91 Å². The van der Waals surface area contributed by atoms with E-state index in [0.29, 0.717) is 17.2 Å². The Kier molecular flexibility index (Phi) is 11.0. The summed E-state index contributed by atoms with van der Waals surface area (Å²) in [5, 5.41) is 8.26. The number of halogens is 1. The number of nitrogens with one attached hydrogen (secondary N) is 3. The standard InChI is InChI=1S/C34H32IN3O3S/c1-22(2)25-11-9-24(10-12-25)21-31(38-33(40)26-7-5-4-6-8-26)34(41)37-29-17-19-30(20-18-29)42-23(3)32(39)36-28-15-13-27(35)14-16-28/h4-23H,1-3H3,(H,36,39)(H,37,41)(H,38,40)/b31-21-. The van der Waals surface area contributed by atoms with Gasteiger partial charge in [0.05, 0.1) is 5.25 Å². The second-order valence-electron chi connectivity index (χ2n) is 9.93. The number of rotatable bonds is 10. The van der Waals surface area contributed by atoms with E-state index < -0.39 is 5.91 Å². The highest BCUT2D eigenvalue weighted by molar-refractivity contribution is 14.1. The van der Waals surface area contributed by atoms with Gasteiger partial charge in [-0.25, -0.2) is 0 Å². The molecule has 8 heteroatoms. The highest BCUT2D eigenvalue weighted by Gasteiger charge is 2.17. The molecule has 0 spiro atoms. The van der Waals surface area contributed by atoms with E-state index in [0.717, 1.165) is 19.7 Å². The molecule has 3 amide bonds. The summed E-state index contributed by atoms with van der Waals surface area (Å²) >= 11 is 3.65. The Morgan fingerprint density at radius 3 is 1.95 bits per heavy atom. The molecule has 1 atom stereocenters. The fourth-order valence-electron chi connectivity index (χ4n) is 3.94. The number of hydrogen-bond acceptors (Lipinski definition) is 4. The van der Waals surface area contributed by atoms with Gasteiger partial charge in [-0.1, -0.05) is 56.3 Å². The third kappa shape index (κ3) is 9.06. The molecule has 0 bridgehead atoms. The van der Waals surface area contributed by atoms with Crippen LogP contribution in [0.2, 0.25) is 0 Å². The Morgan fingerprint density at radius 1 is 0.738 bits per heavy atom. The molecule has 0 aliphatic heterocycles. The van der Waals surface area contributed by atoms with Crippen molar-refractivity contribution in [2.75, 3.05) is 10.6 Å². The van der Waals surface area contributed by atoms with Crippen LogP contribution in [0.25, 0.3) is 6.08 Å². The molecule has 0 saturated heterocycles. The third-order valence-corrected chi connectivity index (χ3v) is 8.18. The first-order valence-corrected chi connectivity index (χ1v) is 15.5. The van der Waals surface area contributed by atoms with Crippen molar-refractivity contribution in [1.82, 2.24) is 5.32 Å². The largest absolute Gasteiger partial charge is 0.325 e. The topological polar surface area (TPSA) is 87.3 Å². The lowest BCUT2D eigenvalue weighted by molar-refractivity contribution is -0.115. The number of amides is 3. The van der Waals surface area contributed by atoms with Crippen LogP contribution in [0.1, 0.15) is 48.2 Å². The molecule has 214 valence electrons. The highest BCUT2D eigenvalue weighted by atomic mass is 127. The fraction of sp³-hybridized carbons (Fsp3) is 0.147. The number of hydrogen-bond donors (Lipinski definition) is 3. The summed E-state index contributed by atoms with van der Waals surface area (Å²) in [7, 11) is 0. The number of benzene rings is 4. The molecule has 0 saturated carbocycles. The first kappa shape index (κ1) is 31.1. The van der Waals surface area contributed by atoms with Gasteiger partial charge in [0.1, 0.15) is 5.70 Å². The maximum absolute atomic E-state index is 13.4. The molecule has 0 heterocycles. The molecule has 3 N–H and O–H groups in total. The predicted octanol–water partition coefficient (Wildman–Crippen LogP) is 7.94. The first-order chi connectivity index (χ1) is 20.2. The molecule has 0 aromatic heterocycles.